The van der Waals surface area contributed by atoms with Gasteiger partial charge in [0, 0.05) is 13.1 Å². The van der Waals surface area contributed by atoms with Crippen molar-refractivity contribution in [3.05, 3.63) is 21.0 Å². The van der Waals surface area contributed by atoms with Crippen LogP contribution in [0.15, 0.2) is 15.5 Å². The number of rotatable bonds is 6. The average Bonchev–Trinajstić information content (AvgIpc) is 2.44. The van der Waals surface area contributed by atoms with Crippen LogP contribution in [0.25, 0.3) is 0 Å². The van der Waals surface area contributed by atoms with Crippen LogP contribution in [-0.4, -0.2) is 39.7 Å². The molecule has 0 aliphatic heterocycles. The van der Waals surface area contributed by atoms with E-state index < -0.39 is 6.04 Å². The first-order valence-corrected chi connectivity index (χ1v) is 7.95. The fourth-order valence-corrected chi connectivity index (χ4v) is 2.42. The van der Waals surface area contributed by atoms with Crippen LogP contribution in [0.1, 0.15) is 40.7 Å². The van der Waals surface area contributed by atoms with E-state index in [-0.39, 0.29) is 17.5 Å². The van der Waals surface area contributed by atoms with Gasteiger partial charge in [0.05, 0.1) is 17.9 Å². The number of anilines is 1. The number of aromatic nitrogens is 2. The molecular weight excluding hydrogens is 336 g/mol. The number of hydrogen-bond donors (Lipinski definition) is 1. The largest absolute Gasteiger partial charge is 0.372 e. The fourth-order valence-electron chi connectivity index (χ4n) is 2.02. The van der Waals surface area contributed by atoms with E-state index in [1.165, 1.54) is 4.68 Å². The van der Waals surface area contributed by atoms with Crippen molar-refractivity contribution in [3.63, 3.8) is 0 Å². The second-order valence-electron chi connectivity index (χ2n) is 5.09. The molecule has 7 heteroatoms. The average molecular weight is 359 g/mol. The van der Waals surface area contributed by atoms with Gasteiger partial charge in [0.15, 0.2) is 0 Å². The Kier molecular flexibility index (Phi) is 6.39. The normalized spacial score (nSPS) is 12.3. The zero-order valence-electron chi connectivity index (χ0n) is 13.2. The van der Waals surface area contributed by atoms with Gasteiger partial charge >= 0.3 is 0 Å². The van der Waals surface area contributed by atoms with Crippen LogP contribution < -0.4 is 10.9 Å². The molecular formula is C14H23BrN4O2. The number of likely N-dealkylation sites (N-methyl/N-ethyl adjacent to an activating group) is 1. The van der Waals surface area contributed by atoms with Crippen molar-refractivity contribution in [2.75, 3.05) is 18.4 Å². The van der Waals surface area contributed by atoms with Crippen molar-refractivity contribution < 1.29 is 4.79 Å². The van der Waals surface area contributed by atoms with Crippen molar-refractivity contribution >= 4 is 27.5 Å². The lowest BCUT2D eigenvalue weighted by Crippen LogP contribution is -2.41. The topological polar surface area (TPSA) is 67.2 Å². The van der Waals surface area contributed by atoms with Crippen molar-refractivity contribution in [3.8, 4) is 0 Å². The van der Waals surface area contributed by atoms with Gasteiger partial charge in [-0.2, -0.15) is 5.10 Å². The predicted octanol–water partition coefficient (Wildman–Crippen LogP) is 2.26. The Hall–Kier alpha value is -1.37. The zero-order chi connectivity index (χ0) is 16.2. The van der Waals surface area contributed by atoms with Crippen LogP contribution in [-0.2, 0) is 4.79 Å². The third kappa shape index (κ3) is 4.06. The van der Waals surface area contributed by atoms with E-state index in [0.717, 1.165) is 0 Å². The van der Waals surface area contributed by atoms with E-state index in [1.54, 1.807) is 18.0 Å². The van der Waals surface area contributed by atoms with E-state index in [9.17, 15) is 9.59 Å². The highest BCUT2D eigenvalue weighted by molar-refractivity contribution is 9.10. The highest BCUT2D eigenvalue weighted by atomic mass is 79.9. The minimum atomic E-state index is -0.419. The van der Waals surface area contributed by atoms with E-state index in [4.69, 9.17) is 0 Å². The first-order chi connectivity index (χ1) is 9.83. The predicted molar refractivity (Wildman–Crippen MR) is 87.6 cm³/mol. The quantitative estimate of drug-likeness (QED) is 0.846. The molecule has 0 saturated carbocycles. The molecule has 21 heavy (non-hydrogen) atoms. The Morgan fingerprint density at radius 1 is 1.38 bits per heavy atom. The van der Waals surface area contributed by atoms with Crippen LogP contribution in [0.3, 0.4) is 0 Å². The molecule has 1 heterocycles. The Morgan fingerprint density at radius 2 is 1.95 bits per heavy atom. The highest BCUT2D eigenvalue weighted by Gasteiger charge is 2.20. The van der Waals surface area contributed by atoms with Crippen LogP contribution in [0, 0.1) is 0 Å². The molecule has 1 amide bonds. The van der Waals surface area contributed by atoms with Crippen LogP contribution >= 0.6 is 15.9 Å². The molecule has 0 saturated heterocycles. The molecule has 0 aromatic carbocycles. The van der Waals surface area contributed by atoms with Crippen molar-refractivity contribution in [2.45, 2.75) is 46.7 Å². The summed E-state index contributed by atoms with van der Waals surface area (Å²) in [6.07, 6.45) is 1.57. The van der Waals surface area contributed by atoms with Crippen molar-refractivity contribution in [1.29, 1.82) is 0 Å². The lowest BCUT2D eigenvalue weighted by atomic mass is 10.2. The minimum absolute atomic E-state index is 0.0000573. The number of carbonyl (C=O) groups excluding carboxylic acids is 1. The smallest absolute Gasteiger partial charge is 0.283 e. The second-order valence-corrected chi connectivity index (χ2v) is 5.89. The van der Waals surface area contributed by atoms with Gasteiger partial charge in [0.2, 0.25) is 5.91 Å². The van der Waals surface area contributed by atoms with Crippen molar-refractivity contribution in [2.24, 2.45) is 0 Å². The maximum absolute atomic E-state index is 12.2. The molecule has 1 aromatic rings. The number of nitrogens with one attached hydrogen (secondary N) is 1. The van der Waals surface area contributed by atoms with Gasteiger partial charge in [-0.05, 0) is 50.5 Å². The SMILES string of the molecule is CCN(CC)C(=O)C(C)Nc1cnn(C(C)C)c(=O)c1Br. The number of halogens is 1. The van der Waals surface area contributed by atoms with Crippen LogP contribution in [0.2, 0.25) is 0 Å². The first kappa shape index (κ1) is 17.7. The van der Waals surface area contributed by atoms with Gasteiger partial charge < -0.3 is 10.2 Å². The summed E-state index contributed by atoms with van der Waals surface area (Å²) < 4.78 is 1.79. The summed E-state index contributed by atoms with van der Waals surface area (Å²) in [5.41, 5.74) is 0.322. The number of amides is 1. The monoisotopic (exact) mass is 358 g/mol. The molecule has 1 aromatic heterocycles. The highest BCUT2D eigenvalue weighted by Crippen LogP contribution is 2.18. The summed E-state index contributed by atoms with van der Waals surface area (Å²) in [7, 11) is 0. The van der Waals surface area contributed by atoms with E-state index in [1.807, 2.05) is 27.7 Å². The van der Waals surface area contributed by atoms with Crippen molar-refractivity contribution in [1.82, 2.24) is 14.7 Å². The Balaban J connectivity index is 2.96. The molecule has 1 atom stereocenters. The molecule has 6 nitrogen and oxygen atoms in total. The van der Waals surface area contributed by atoms with Gasteiger partial charge in [-0.15, -0.1) is 0 Å². The van der Waals surface area contributed by atoms with E-state index in [0.29, 0.717) is 23.2 Å². The van der Waals surface area contributed by atoms with E-state index >= 15 is 0 Å². The van der Waals surface area contributed by atoms with Crippen LogP contribution in [0.4, 0.5) is 5.69 Å². The summed E-state index contributed by atoms with van der Waals surface area (Å²) in [6, 6.07) is -0.435. The number of carbonyl (C=O) groups is 1. The summed E-state index contributed by atoms with van der Waals surface area (Å²) in [5.74, 6) is -0.0000573. The lowest BCUT2D eigenvalue weighted by molar-refractivity contribution is -0.131. The molecule has 1 rings (SSSR count). The second kappa shape index (κ2) is 7.59. The van der Waals surface area contributed by atoms with Gasteiger partial charge in [-0.3, -0.25) is 9.59 Å². The number of hydrogen-bond acceptors (Lipinski definition) is 4. The maximum Gasteiger partial charge on any atom is 0.283 e. The molecule has 1 unspecified atom stereocenters. The van der Waals surface area contributed by atoms with Gasteiger partial charge in [-0.1, -0.05) is 0 Å². The summed E-state index contributed by atoms with van der Waals surface area (Å²) in [6.45, 7) is 10.8. The first-order valence-electron chi connectivity index (χ1n) is 7.16. The molecule has 1 N–H and O–H groups in total. The third-order valence-corrected chi connectivity index (χ3v) is 4.02. The van der Waals surface area contributed by atoms with Gasteiger partial charge in [0.1, 0.15) is 10.5 Å². The molecule has 0 spiro atoms. The Bertz CT molecular complexity index is 552. The van der Waals surface area contributed by atoms with Gasteiger partial charge in [0.25, 0.3) is 5.56 Å². The van der Waals surface area contributed by atoms with Crippen LogP contribution in [0.5, 0.6) is 0 Å². The maximum atomic E-state index is 12.2. The lowest BCUT2D eigenvalue weighted by Gasteiger charge is -2.24. The molecule has 0 aliphatic rings. The standard InChI is InChI=1S/C14H23BrN4O2/c1-6-18(7-2)13(20)10(5)17-11-8-16-19(9(3)4)14(21)12(11)15/h8-10,17H,6-7H2,1-5H3. The molecule has 118 valence electrons. The summed E-state index contributed by atoms with van der Waals surface area (Å²) in [5, 5.41) is 7.17. The third-order valence-electron chi connectivity index (χ3n) is 3.25. The zero-order valence-corrected chi connectivity index (χ0v) is 14.8. The number of nitrogens with zero attached hydrogens (tertiary/aromatic N) is 3. The van der Waals surface area contributed by atoms with E-state index in [2.05, 4.69) is 26.3 Å². The van der Waals surface area contributed by atoms with Gasteiger partial charge in [-0.25, -0.2) is 4.68 Å². The Morgan fingerprint density at radius 3 is 2.43 bits per heavy atom. The fraction of sp³-hybridized carbons (Fsp3) is 0.643. The summed E-state index contributed by atoms with van der Waals surface area (Å²) in [4.78, 5) is 26.1. The minimum Gasteiger partial charge on any atom is -0.372 e. The summed E-state index contributed by atoms with van der Waals surface area (Å²) >= 11 is 3.29. The molecule has 0 bridgehead atoms. The molecule has 0 fully saturated rings. The molecule has 0 radical (unpaired) electrons. The Labute approximate surface area is 133 Å². The molecule has 0 aliphatic carbocycles.